The van der Waals surface area contributed by atoms with Gasteiger partial charge in [-0.25, -0.2) is 0 Å². The van der Waals surface area contributed by atoms with Crippen LogP contribution < -0.4 is 16.4 Å². The van der Waals surface area contributed by atoms with E-state index in [0.29, 0.717) is 29.2 Å². The van der Waals surface area contributed by atoms with Crippen LogP contribution in [0.15, 0.2) is 30.3 Å². The Labute approximate surface area is 145 Å². The van der Waals surface area contributed by atoms with Crippen LogP contribution in [0.1, 0.15) is 44.0 Å². The van der Waals surface area contributed by atoms with Crippen molar-refractivity contribution in [3.63, 3.8) is 0 Å². The fraction of sp³-hybridized carbons (Fsp3) is 0.333. The number of hydrogen-bond acceptors (Lipinski definition) is 3. The molecule has 0 aliphatic heterocycles. The van der Waals surface area contributed by atoms with Crippen LogP contribution in [0.2, 0.25) is 0 Å². The van der Waals surface area contributed by atoms with Crippen LogP contribution in [0.5, 0.6) is 0 Å². The Kier molecular flexibility index (Phi) is 5.27. The smallest absolute Gasteiger partial charge is 0.256 e. The molecule has 0 spiro atoms. The highest BCUT2D eigenvalue weighted by Crippen LogP contribution is 2.38. The van der Waals surface area contributed by atoms with Crippen molar-refractivity contribution in [2.45, 2.75) is 25.7 Å². The molecule has 5 N–H and O–H groups in total. The van der Waals surface area contributed by atoms with Crippen LogP contribution in [0, 0.1) is 0 Å². The zero-order valence-corrected chi connectivity index (χ0v) is 14.4. The molecular weight excluding hydrogens is 322 g/mol. The number of fused-ring (bicyclic) bond motifs is 1. The van der Waals surface area contributed by atoms with Crippen molar-refractivity contribution in [1.29, 1.82) is 0 Å². The second kappa shape index (κ2) is 7.59. The summed E-state index contributed by atoms with van der Waals surface area (Å²) in [4.78, 5) is 26.3. The minimum Gasteiger partial charge on any atom is -0.356 e. The Morgan fingerprint density at radius 2 is 1.83 bits per heavy atom. The fourth-order valence-corrected chi connectivity index (χ4v) is 4.23. The number of anilines is 1. The largest absolute Gasteiger partial charge is 0.356 e. The summed E-state index contributed by atoms with van der Waals surface area (Å²) in [6, 6.07) is 9.07. The molecule has 2 amide bonds. The van der Waals surface area contributed by atoms with Gasteiger partial charge >= 0.3 is 0 Å². The predicted octanol–water partition coefficient (Wildman–Crippen LogP) is 1.85. The van der Waals surface area contributed by atoms with Crippen molar-refractivity contribution < 1.29 is 15.3 Å². The summed E-state index contributed by atoms with van der Waals surface area (Å²) in [7, 11) is 0. The highest BCUT2D eigenvalue weighted by Gasteiger charge is 2.26. The predicted molar refractivity (Wildman–Crippen MR) is 95.4 cm³/mol. The molecule has 1 aliphatic carbocycles. The molecule has 0 fully saturated rings. The Morgan fingerprint density at radius 3 is 2.58 bits per heavy atom. The standard InChI is InChI=1S/C18H21N3O2S/c19-10-11-20-17(23)15-13-8-4-5-9-14(13)24-18(15)21-16(22)12-6-2-1-3-7-12/h1-3,6-7H,4-5,8-11,19H2,(H,20,23)(H,21,22)/p+1. The molecule has 1 aliphatic rings. The van der Waals surface area contributed by atoms with Gasteiger partial charge in [0.2, 0.25) is 0 Å². The summed E-state index contributed by atoms with van der Waals surface area (Å²) >= 11 is 1.54. The molecule has 3 rings (SSSR count). The van der Waals surface area contributed by atoms with Crippen LogP contribution in [0.25, 0.3) is 0 Å². The number of carbonyl (C=O) groups excluding carboxylic acids is 2. The number of nitrogens with one attached hydrogen (secondary N) is 2. The molecule has 0 radical (unpaired) electrons. The van der Waals surface area contributed by atoms with Crippen molar-refractivity contribution in [1.82, 2.24) is 5.32 Å². The van der Waals surface area contributed by atoms with Gasteiger partial charge in [0.05, 0.1) is 18.7 Å². The molecule has 24 heavy (non-hydrogen) atoms. The van der Waals surface area contributed by atoms with Crippen LogP contribution in [0.4, 0.5) is 5.00 Å². The second-order valence-electron chi connectivity index (χ2n) is 5.84. The Bertz CT molecular complexity index is 740. The van der Waals surface area contributed by atoms with Crippen LogP contribution in [-0.4, -0.2) is 24.9 Å². The molecule has 126 valence electrons. The Balaban J connectivity index is 1.90. The SMILES string of the molecule is [NH3+]CCNC(=O)c1c(NC(=O)c2ccccc2)sc2c1CCCC2. The van der Waals surface area contributed by atoms with E-state index in [1.54, 1.807) is 12.1 Å². The van der Waals surface area contributed by atoms with Crippen LogP contribution in [0.3, 0.4) is 0 Å². The second-order valence-corrected chi connectivity index (χ2v) is 6.95. The average Bonchev–Trinajstić information content (AvgIpc) is 2.98. The van der Waals surface area contributed by atoms with Gasteiger partial charge < -0.3 is 16.4 Å². The maximum Gasteiger partial charge on any atom is 0.256 e. The van der Waals surface area contributed by atoms with Gasteiger partial charge in [-0.1, -0.05) is 18.2 Å². The van der Waals surface area contributed by atoms with Gasteiger partial charge in [0.1, 0.15) is 5.00 Å². The molecule has 5 nitrogen and oxygen atoms in total. The lowest BCUT2D eigenvalue weighted by molar-refractivity contribution is -0.364. The zero-order chi connectivity index (χ0) is 16.9. The maximum absolute atomic E-state index is 12.6. The third kappa shape index (κ3) is 3.49. The first-order valence-corrected chi connectivity index (χ1v) is 9.10. The van der Waals surface area contributed by atoms with E-state index in [4.69, 9.17) is 0 Å². The lowest BCUT2D eigenvalue weighted by atomic mass is 9.95. The maximum atomic E-state index is 12.6. The third-order valence-electron chi connectivity index (χ3n) is 4.12. The van der Waals surface area contributed by atoms with E-state index in [1.165, 1.54) is 16.2 Å². The number of amides is 2. The van der Waals surface area contributed by atoms with Gasteiger partial charge in [0, 0.05) is 10.4 Å². The number of benzene rings is 1. The van der Waals surface area contributed by atoms with Gasteiger partial charge in [0.15, 0.2) is 0 Å². The summed E-state index contributed by atoms with van der Waals surface area (Å²) in [5, 5.41) is 6.50. The third-order valence-corrected chi connectivity index (χ3v) is 5.33. The minimum atomic E-state index is -0.180. The van der Waals surface area contributed by atoms with Crippen molar-refractivity contribution in [3.05, 3.63) is 51.9 Å². The normalized spacial score (nSPS) is 13.2. The number of thiophene rings is 1. The molecule has 1 heterocycles. The molecule has 0 saturated heterocycles. The number of aryl methyl sites for hydroxylation is 1. The lowest BCUT2D eigenvalue weighted by Gasteiger charge is -2.13. The quantitative estimate of drug-likeness (QED) is 0.773. The fourth-order valence-electron chi connectivity index (χ4n) is 2.95. The first-order valence-electron chi connectivity index (χ1n) is 8.29. The molecule has 1 aromatic carbocycles. The zero-order valence-electron chi connectivity index (χ0n) is 13.6. The highest BCUT2D eigenvalue weighted by atomic mass is 32.1. The van der Waals surface area contributed by atoms with E-state index in [1.807, 2.05) is 18.2 Å². The van der Waals surface area contributed by atoms with Crippen molar-refractivity contribution >= 4 is 28.2 Å². The van der Waals surface area contributed by atoms with Crippen molar-refractivity contribution in [2.75, 3.05) is 18.4 Å². The van der Waals surface area contributed by atoms with Gasteiger partial charge in [-0.2, -0.15) is 0 Å². The Hall–Kier alpha value is -2.18. The summed E-state index contributed by atoms with van der Waals surface area (Å²) in [6.45, 7) is 1.18. The van der Waals surface area contributed by atoms with Crippen LogP contribution in [-0.2, 0) is 12.8 Å². The molecule has 0 atom stereocenters. The molecule has 6 heteroatoms. The van der Waals surface area contributed by atoms with Gasteiger partial charge in [0.25, 0.3) is 11.8 Å². The summed E-state index contributed by atoms with van der Waals surface area (Å²) < 4.78 is 0. The van der Waals surface area contributed by atoms with E-state index < -0.39 is 0 Å². The molecular formula is C18H22N3O2S+. The molecule has 1 aromatic heterocycles. The molecule has 0 bridgehead atoms. The summed E-state index contributed by atoms with van der Waals surface area (Å²) in [6.07, 6.45) is 4.11. The minimum absolute atomic E-state index is 0.110. The monoisotopic (exact) mass is 344 g/mol. The van der Waals surface area contributed by atoms with Crippen molar-refractivity contribution in [2.24, 2.45) is 0 Å². The summed E-state index contributed by atoms with van der Waals surface area (Å²) in [5.74, 6) is -0.290. The Morgan fingerprint density at radius 1 is 1.08 bits per heavy atom. The number of quaternary nitrogens is 1. The first-order chi connectivity index (χ1) is 11.7. The summed E-state index contributed by atoms with van der Waals surface area (Å²) in [5.41, 5.74) is 6.10. The molecule has 0 saturated carbocycles. The van der Waals surface area contributed by atoms with Gasteiger partial charge in [-0.3, -0.25) is 9.59 Å². The average molecular weight is 344 g/mol. The number of carbonyl (C=O) groups is 2. The number of rotatable bonds is 5. The van der Waals surface area contributed by atoms with Gasteiger partial charge in [-0.05, 0) is 43.4 Å². The van der Waals surface area contributed by atoms with E-state index >= 15 is 0 Å². The van der Waals surface area contributed by atoms with E-state index in [0.717, 1.165) is 31.2 Å². The lowest BCUT2D eigenvalue weighted by Crippen LogP contribution is -2.54. The topological polar surface area (TPSA) is 85.8 Å². The highest BCUT2D eigenvalue weighted by molar-refractivity contribution is 7.17. The molecule has 2 aromatic rings. The van der Waals surface area contributed by atoms with Crippen molar-refractivity contribution in [3.8, 4) is 0 Å². The van der Waals surface area contributed by atoms with Crippen LogP contribution >= 0.6 is 11.3 Å². The van der Waals surface area contributed by atoms with E-state index in [2.05, 4.69) is 16.4 Å². The van der Waals surface area contributed by atoms with Gasteiger partial charge in [-0.15, -0.1) is 11.3 Å². The van der Waals surface area contributed by atoms with E-state index in [-0.39, 0.29) is 11.8 Å². The van der Waals surface area contributed by atoms with E-state index in [9.17, 15) is 9.59 Å². The molecule has 0 unspecified atom stereocenters. The first kappa shape index (κ1) is 16.7. The number of hydrogen-bond donors (Lipinski definition) is 3.